The molecule has 0 saturated heterocycles. The molecule has 0 saturated carbocycles. The first-order valence-corrected chi connectivity index (χ1v) is 9.26. The largest absolute Gasteiger partial charge is 0.350 e. The minimum Gasteiger partial charge on any atom is -0.350 e. The number of hydrogen-bond donors (Lipinski definition) is 1. The fourth-order valence-electron chi connectivity index (χ4n) is 4.05. The molecule has 0 spiro atoms. The smallest absolute Gasteiger partial charge is 0.153 e. The van der Waals surface area contributed by atoms with Crippen molar-refractivity contribution in [1.29, 1.82) is 0 Å². The quantitative estimate of drug-likeness (QED) is 0.730. The second-order valence-electron chi connectivity index (χ2n) is 7.09. The van der Waals surface area contributed by atoms with E-state index in [4.69, 9.17) is 10.7 Å². The predicted octanol–water partition coefficient (Wildman–Crippen LogP) is 3.86. The average molecular weight is 346 g/mol. The van der Waals surface area contributed by atoms with E-state index in [1.54, 1.807) is 0 Å². The molecule has 2 aromatic heterocycles. The van der Waals surface area contributed by atoms with Gasteiger partial charge < -0.3 is 15.2 Å². The van der Waals surface area contributed by atoms with Crippen LogP contribution in [-0.2, 0) is 26.1 Å². The van der Waals surface area contributed by atoms with E-state index in [2.05, 4.69) is 60.2 Å². The summed E-state index contributed by atoms with van der Waals surface area (Å²) in [6, 6.07) is 10.9. The molecule has 3 aromatic rings. The highest BCUT2D eigenvalue weighted by molar-refractivity contribution is 5.94. The number of aryl methyl sites for hydroxylation is 1. The number of nitrogens with two attached hydrogens (primary N) is 1. The number of nitrogens with zero attached hydrogens (tertiary/aromatic N) is 3. The predicted molar refractivity (Wildman–Crippen MR) is 108 cm³/mol. The minimum atomic E-state index is 0.457. The number of aromatic nitrogens is 2. The van der Waals surface area contributed by atoms with E-state index in [0.717, 1.165) is 37.6 Å². The van der Waals surface area contributed by atoms with Crippen molar-refractivity contribution in [2.75, 3.05) is 11.4 Å². The number of anilines is 1. The van der Waals surface area contributed by atoms with Gasteiger partial charge in [0.2, 0.25) is 0 Å². The average Bonchev–Trinajstić information content (AvgIpc) is 2.92. The van der Waals surface area contributed by atoms with Gasteiger partial charge in [0, 0.05) is 37.3 Å². The molecule has 134 valence electrons. The lowest BCUT2D eigenvalue weighted by Crippen LogP contribution is -2.31. The Morgan fingerprint density at radius 3 is 2.73 bits per heavy atom. The van der Waals surface area contributed by atoms with Crippen LogP contribution in [0.15, 0.2) is 43.0 Å². The van der Waals surface area contributed by atoms with Gasteiger partial charge >= 0.3 is 0 Å². The van der Waals surface area contributed by atoms with Crippen LogP contribution in [0.2, 0.25) is 0 Å². The number of pyridine rings is 1. The maximum atomic E-state index is 5.97. The topological polar surface area (TPSA) is 47.1 Å². The molecule has 4 rings (SSSR count). The lowest BCUT2D eigenvalue weighted by molar-refractivity contribution is 0.715. The Hall–Kier alpha value is -2.59. The van der Waals surface area contributed by atoms with E-state index in [-0.39, 0.29) is 0 Å². The van der Waals surface area contributed by atoms with Gasteiger partial charge in [-0.05, 0) is 43.0 Å². The van der Waals surface area contributed by atoms with Crippen molar-refractivity contribution in [3.05, 3.63) is 71.1 Å². The zero-order chi connectivity index (χ0) is 18.3. The number of benzene rings is 1. The highest BCUT2D eigenvalue weighted by Gasteiger charge is 2.23. The monoisotopic (exact) mass is 346 g/mol. The first kappa shape index (κ1) is 16.9. The minimum absolute atomic E-state index is 0.457. The van der Waals surface area contributed by atoms with Crippen molar-refractivity contribution in [3.8, 4) is 0 Å². The first-order valence-electron chi connectivity index (χ1n) is 9.26. The first-order chi connectivity index (χ1) is 12.6. The lowest BCUT2D eigenvalue weighted by atomic mass is 10.00. The molecule has 1 aliphatic heterocycles. The van der Waals surface area contributed by atoms with E-state index >= 15 is 0 Å². The van der Waals surface area contributed by atoms with Gasteiger partial charge in [-0.15, -0.1) is 6.58 Å². The molecule has 2 N–H and O–H groups in total. The Morgan fingerprint density at radius 1 is 1.23 bits per heavy atom. The summed E-state index contributed by atoms with van der Waals surface area (Å²) in [6.07, 6.45) is 3.00. The van der Waals surface area contributed by atoms with Gasteiger partial charge in [-0.2, -0.15) is 0 Å². The Balaban J connectivity index is 1.91. The Kier molecular flexibility index (Phi) is 4.29. The van der Waals surface area contributed by atoms with Gasteiger partial charge in [0.15, 0.2) is 5.82 Å². The van der Waals surface area contributed by atoms with Crippen molar-refractivity contribution in [1.82, 2.24) is 9.55 Å². The van der Waals surface area contributed by atoms with Gasteiger partial charge in [-0.3, -0.25) is 0 Å². The summed E-state index contributed by atoms with van der Waals surface area (Å²) in [5.74, 6) is 1.05. The summed E-state index contributed by atoms with van der Waals surface area (Å²) in [7, 11) is 0. The van der Waals surface area contributed by atoms with Gasteiger partial charge in [0.05, 0.1) is 11.2 Å². The highest BCUT2D eigenvalue weighted by atomic mass is 15.2. The van der Waals surface area contributed by atoms with Crippen molar-refractivity contribution < 1.29 is 0 Å². The fraction of sp³-hybridized carbons (Fsp3) is 0.318. The Morgan fingerprint density at radius 2 is 2.00 bits per heavy atom. The molecule has 1 aliphatic rings. The summed E-state index contributed by atoms with van der Waals surface area (Å²) >= 11 is 0. The molecular formula is C22H26N4. The standard InChI is InChI=1S/C22H26N4/c1-4-10-26-16(3)15(2)20-12-19(13-23)24-22(21(20)26)25-11-9-17-7-5-6-8-18(17)14-25/h4-8,12H,1,9-11,13-14,23H2,2-3H3. The molecule has 0 unspecified atom stereocenters. The zero-order valence-corrected chi connectivity index (χ0v) is 15.6. The number of rotatable bonds is 4. The molecule has 0 atom stereocenters. The molecule has 0 radical (unpaired) electrons. The third-order valence-electron chi connectivity index (χ3n) is 5.60. The molecule has 0 amide bonds. The molecule has 4 heteroatoms. The van der Waals surface area contributed by atoms with Crippen molar-refractivity contribution in [2.24, 2.45) is 5.73 Å². The number of fused-ring (bicyclic) bond motifs is 2. The van der Waals surface area contributed by atoms with E-state index in [9.17, 15) is 0 Å². The maximum absolute atomic E-state index is 5.97. The van der Waals surface area contributed by atoms with Gasteiger partial charge in [0.1, 0.15) is 0 Å². The lowest BCUT2D eigenvalue weighted by Gasteiger charge is -2.31. The summed E-state index contributed by atoms with van der Waals surface area (Å²) in [5, 5.41) is 1.26. The van der Waals surface area contributed by atoms with Crippen LogP contribution in [0.25, 0.3) is 10.9 Å². The third-order valence-corrected chi connectivity index (χ3v) is 5.60. The van der Waals surface area contributed by atoms with Crippen molar-refractivity contribution >= 4 is 16.7 Å². The second kappa shape index (κ2) is 6.61. The van der Waals surface area contributed by atoms with E-state index < -0.39 is 0 Å². The molecule has 0 bridgehead atoms. The van der Waals surface area contributed by atoms with Gasteiger partial charge in [-0.1, -0.05) is 30.3 Å². The SMILES string of the molecule is C=CCn1c(C)c(C)c2cc(CN)nc(N3CCc4ccccc4C3)c21. The summed E-state index contributed by atoms with van der Waals surface area (Å²) in [4.78, 5) is 7.36. The van der Waals surface area contributed by atoms with Crippen LogP contribution in [0.4, 0.5) is 5.82 Å². The molecule has 4 nitrogen and oxygen atoms in total. The van der Waals surface area contributed by atoms with Crippen molar-refractivity contribution in [3.63, 3.8) is 0 Å². The van der Waals surface area contributed by atoms with Crippen LogP contribution in [0.5, 0.6) is 0 Å². The molecule has 26 heavy (non-hydrogen) atoms. The zero-order valence-electron chi connectivity index (χ0n) is 15.6. The molecule has 3 heterocycles. The second-order valence-corrected chi connectivity index (χ2v) is 7.09. The van der Waals surface area contributed by atoms with Crippen LogP contribution in [0.3, 0.4) is 0 Å². The van der Waals surface area contributed by atoms with Crippen LogP contribution in [0, 0.1) is 13.8 Å². The normalized spacial score (nSPS) is 13.9. The van der Waals surface area contributed by atoms with Crippen LogP contribution < -0.4 is 10.6 Å². The molecule has 0 fully saturated rings. The highest BCUT2D eigenvalue weighted by Crippen LogP contribution is 2.34. The third kappa shape index (κ3) is 2.61. The van der Waals surface area contributed by atoms with Crippen LogP contribution >= 0.6 is 0 Å². The summed E-state index contributed by atoms with van der Waals surface area (Å²) < 4.78 is 2.33. The number of hydrogen-bond acceptors (Lipinski definition) is 3. The Labute approximate surface area is 154 Å². The summed E-state index contributed by atoms with van der Waals surface area (Å²) in [5.41, 5.74) is 13.5. The van der Waals surface area contributed by atoms with E-state index in [1.165, 1.54) is 33.3 Å². The fourth-order valence-corrected chi connectivity index (χ4v) is 4.05. The molecular weight excluding hydrogens is 320 g/mol. The number of allylic oxidation sites excluding steroid dienone is 1. The van der Waals surface area contributed by atoms with Gasteiger partial charge in [-0.25, -0.2) is 4.98 Å². The van der Waals surface area contributed by atoms with E-state index in [1.807, 2.05) is 6.08 Å². The van der Waals surface area contributed by atoms with Gasteiger partial charge in [0.25, 0.3) is 0 Å². The van der Waals surface area contributed by atoms with Crippen molar-refractivity contribution in [2.45, 2.75) is 39.9 Å². The Bertz CT molecular complexity index is 983. The van der Waals surface area contributed by atoms with Crippen LogP contribution in [-0.4, -0.2) is 16.1 Å². The maximum Gasteiger partial charge on any atom is 0.153 e. The van der Waals surface area contributed by atoms with E-state index in [0.29, 0.717) is 6.54 Å². The summed E-state index contributed by atoms with van der Waals surface area (Å²) in [6.45, 7) is 11.4. The molecule has 1 aromatic carbocycles. The van der Waals surface area contributed by atoms with Crippen LogP contribution in [0.1, 0.15) is 28.1 Å². The molecule has 0 aliphatic carbocycles.